The third-order valence-corrected chi connectivity index (χ3v) is 5.05. The van der Waals surface area contributed by atoms with Gasteiger partial charge >= 0.3 is 5.97 Å². The first-order valence-corrected chi connectivity index (χ1v) is 10.1. The summed E-state index contributed by atoms with van der Waals surface area (Å²) in [7, 11) is -0.884. The molecule has 2 aromatic rings. The monoisotopic (exact) mass is 406 g/mol. The second kappa shape index (κ2) is 9.23. The Kier molecular flexibility index (Phi) is 7.00. The van der Waals surface area contributed by atoms with Crippen LogP contribution in [0.2, 0.25) is 0 Å². The van der Waals surface area contributed by atoms with Gasteiger partial charge in [0.25, 0.3) is 0 Å². The maximum absolute atomic E-state index is 12.3. The number of amides is 1. The highest BCUT2D eigenvalue weighted by molar-refractivity contribution is 7.92. The van der Waals surface area contributed by atoms with Crippen LogP contribution in [0.4, 0.5) is 5.69 Å². The highest BCUT2D eigenvalue weighted by Gasteiger charge is 2.21. The van der Waals surface area contributed by atoms with E-state index < -0.39 is 21.9 Å². The molecule has 150 valence electrons. The maximum atomic E-state index is 12.3. The maximum Gasteiger partial charge on any atom is 0.337 e. The van der Waals surface area contributed by atoms with Gasteiger partial charge in [0.15, 0.2) is 0 Å². The van der Waals surface area contributed by atoms with Gasteiger partial charge in [-0.1, -0.05) is 12.1 Å². The van der Waals surface area contributed by atoms with Crippen LogP contribution in [0.25, 0.3) is 0 Å². The fourth-order valence-electron chi connectivity index (χ4n) is 2.41. The molecule has 0 heterocycles. The number of hydrogen-bond acceptors (Lipinski definition) is 6. The Morgan fingerprint density at radius 2 is 1.61 bits per heavy atom. The number of nitrogens with zero attached hydrogens (tertiary/aromatic N) is 1. The Bertz CT molecular complexity index is 924. The number of hydrogen-bond donors (Lipinski definition) is 1. The Balaban J connectivity index is 2.07. The van der Waals surface area contributed by atoms with E-state index in [0.717, 1.165) is 16.1 Å². The van der Waals surface area contributed by atoms with Gasteiger partial charge in [-0.2, -0.15) is 0 Å². The molecule has 1 N–H and O–H groups in total. The van der Waals surface area contributed by atoms with Crippen molar-refractivity contribution in [2.24, 2.45) is 0 Å². The molecule has 8 nitrogen and oxygen atoms in total. The average molecular weight is 406 g/mol. The number of sulfonamides is 1. The zero-order chi connectivity index (χ0) is 20.7. The summed E-state index contributed by atoms with van der Waals surface area (Å²) in [6.07, 6.45) is 1.01. The standard InChI is InChI=1S/C19H22N2O6S/c1-26-17-10-4-14(5-11-17)12-20-18(22)13-21(28(3,24)25)16-8-6-15(7-9-16)19(23)27-2/h4-11H,12-13H2,1-3H3,(H,20,22). The molecule has 9 heteroatoms. The van der Waals surface area contributed by atoms with E-state index in [0.29, 0.717) is 5.75 Å². The predicted octanol–water partition coefficient (Wildman–Crippen LogP) is 1.56. The van der Waals surface area contributed by atoms with E-state index in [9.17, 15) is 18.0 Å². The van der Waals surface area contributed by atoms with Gasteiger partial charge in [0.2, 0.25) is 15.9 Å². The second-order valence-electron chi connectivity index (χ2n) is 5.93. The molecule has 0 bridgehead atoms. The van der Waals surface area contributed by atoms with Crippen molar-refractivity contribution >= 4 is 27.6 Å². The lowest BCUT2D eigenvalue weighted by Crippen LogP contribution is -2.40. The molecule has 28 heavy (non-hydrogen) atoms. The van der Waals surface area contributed by atoms with Crippen LogP contribution in [-0.2, 0) is 26.1 Å². The molecule has 0 fully saturated rings. The molecular formula is C19H22N2O6S. The van der Waals surface area contributed by atoms with Crippen LogP contribution in [0.1, 0.15) is 15.9 Å². The first-order chi connectivity index (χ1) is 13.2. The summed E-state index contributed by atoms with van der Waals surface area (Å²) in [5.41, 5.74) is 1.40. The van der Waals surface area contributed by atoms with Crippen molar-refractivity contribution < 1.29 is 27.5 Å². The van der Waals surface area contributed by atoms with Crippen LogP contribution in [-0.4, -0.2) is 47.3 Å². The molecule has 0 atom stereocenters. The van der Waals surface area contributed by atoms with Gasteiger partial charge in [-0.3, -0.25) is 9.10 Å². The molecule has 0 aliphatic rings. The lowest BCUT2D eigenvalue weighted by Gasteiger charge is -2.22. The molecule has 0 spiro atoms. The molecular weight excluding hydrogens is 384 g/mol. The van der Waals surface area contributed by atoms with E-state index in [1.54, 1.807) is 31.4 Å². The molecule has 0 aliphatic carbocycles. The van der Waals surface area contributed by atoms with Gasteiger partial charge in [0, 0.05) is 6.54 Å². The molecule has 0 aromatic heterocycles. The van der Waals surface area contributed by atoms with E-state index in [1.807, 2.05) is 0 Å². The molecule has 2 rings (SSSR count). The van der Waals surface area contributed by atoms with E-state index in [4.69, 9.17) is 4.74 Å². The number of benzene rings is 2. The van der Waals surface area contributed by atoms with Gasteiger partial charge < -0.3 is 14.8 Å². The predicted molar refractivity (Wildman–Crippen MR) is 105 cm³/mol. The third kappa shape index (κ3) is 5.71. The average Bonchev–Trinajstić information content (AvgIpc) is 2.69. The summed E-state index contributed by atoms with van der Waals surface area (Å²) >= 11 is 0. The van der Waals surface area contributed by atoms with Crippen LogP contribution >= 0.6 is 0 Å². The number of esters is 1. The molecule has 2 aromatic carbocycles. The minimum absolute atomic E-state index is 0.252. The van der Waals surface area contributed by atoms with E-state index in [-0.39, 0.29) is 24.3 Å². The minimum atomic E-state index is -3.70. The van der Waals surface area contributed by atoms with E-state index >= 15 is 0 Å². The summed E-state index contributed by atoms with van der Waals surface area (Å²) < 4.78 is 34.9. The quantitative estimate of drug-likeness (QED) is 0.668. The first-order valence-electron chi connectivity index (χ1n) is 8.30. The van der Waals surface area contributed by atoms with Crippen LogP contribution in [0.3, 0.4) is 0 Å². The number of ether oxygens (including phenoxy) is 2. The number of anilines is 1. The van der Waals surface area contributed by atoms with Crippen molar-refractivity contribution in [3.05, 3.63) is 59.7 Å². The fourth-order valence-corrected chi connectivity index (χ4v) is 3.27. The van der Waals surface area contributed by atoms with Crippen LogP contribution in [0.5, 0.6) is 5.75 Å². The van der Waals surface area contributed by atoms with Gasteiger partial charge in [-0.05, 0) is 42.0 Å². The fraction of sp³-hybridized carbons (Fsp3) is 0.263. The summed E-state index contributed by atoms with van der Waals surface area (Å²) in [4.78, 5) is 23.8. The summed E-state index contributed by atoms with van der Waals surface area (Å²) in [5, 5.41) is 2.69. The van der Waals surface area contributed by atoms with Crippen molar-refractivity contribution in [2.75, 3.05) is 31.3 Å². The normalized spacial score (nSPS) is 10.8. The molecule has 0 unspecified atom stereocenters. The van der Waals surface area contributed by atoms with E-state index in [1.165, 1.54) is 31.4 Å². The summed E-state index contributed by atoms with van der Waals surface area (Å²) in [6.45, 7) is -0.131. The minimum Gasteiger partial charge on any atom is -0.497 e. The van der Waals surface area contributed by atoms with E-state index in [2.05, 4.69) is 10.1 Å². The van der Waals surface area contributed by atoms with Crippen molar-refractivity contribution in [1.29, 1.82) is 0 Å². The Hall–Kier alpha value is -3.07. The third-order valence-electron chi connectivity index (χ3n) is 3.91. The number of nitrogens with one attached hydrogen (secondary N) is 1. The smallest absolute Gasteiger partial charge is 0.337 e. The molecule has 1 amide bonds. The zero-order valence-corrected chi connectivity index (χ0v) is 16.7. The van der Waals surface area contributed by atoms with Gasteiger partial charge in [0.1, 0.15) is 12.3 Å². The largest absolute Gasteiger partial charge is 0.497 e. The van der Waals surface area contributed by atoms with Gasteiger partial charge in [-0.25, -0.2) is 13.2 Å². The second-order valence-corrected chi connectivity index (χ2v) is 7.84. The Labute approximate surface area is 164 Å². The van der Waals surface area contributed by atoms with Gasteiger partial charge in [0.05, 0.1) is 31.7 Å². The van der Waals surface area contributed by atoms with Crippen molar-refractivity contribution in [2.45, 2.75) is 6.54 Å². The number of methoxy groups -OCH3 is 2. The molecule has 0 aliphatic heterocycles. The topological polar surface area (TPSA) is 102 Å². The molecule has 0 saturated carbocycles. The van der Waals surface area contributed by atoms with Crippen LogP contribution in [0.15, 0.2) is 48.5 Å². The van der Waals surface area contributed by atoms with Crippen molar-refractivity contribution in [3.8, 4) is 5.75 Å². The van der Waals surface area contributed by atoms with Crippen molar-refractivity contribution in [1.82, 2.24) is 5.32 Å². The summed E-state index contributed by atoms with van der Waals surface area (Å²) in [6, 6.07) is 12.9. The number of rotatable bonds is 8. The highest BCUT2D eigenvalue weighted by atomic mass is 32.2. The van der Waals surface area contributed by atoms with Crippen LogP contribution in [0, 0.1) is 0 Å². The number of carbonyl (C=O) groups is 2. The Morgan fingerprint density at radius 3 is 2.11 bits per heavy atom. The molecule has 0 radical (unpaired) electrons. The van der Waals surface area contributed by atoms with Gasteiger partial charge in [-0.15, -0.1) is 0 Å². The first kappa shape index (κ1) is 21.2. The zero-order valence-electron chi connectivity index (χ0n) is 15.8. The summed E-state index contributed by atoms with van der Waals surface area (Å²) in [5.74, 6) is -0.290. The van der Waals surface area contributed by atoms with Crippen LogP contribution < -0.4 is 14.4 Å². The highest BCUT2D eigenvalue weighted by Crippen LogP contribution is 2.18. The Morgan fingerprint density at radius 1 is 1.00 bits per heavy atom. The lowest BCUT2D eigenvalue weighted by molar-refractivity contribution is -0.119. The SMILES string of the molecule is COC(=O)c1ccc(N(CC(=O)NCc2ccc(OC)cc2)S(C)(=O)=O)cc1. The molecule has 0 saturated heterocycles. The number of carbonyl (C=O) groups excluding carboxylic acids is 2. The lowest BCUT2D eigenvalue weighted by atomic mass is 10.2. The van der Waals surface area contributed by atoms with Crippen molar-refractivity contribution in [3.63, 3.8) is 0 Å².